The maximum atomic E-state index is 12.7. The predicted octanol–water partition coefficient (Wildman–Crippen LogP) is 7.89. The summed E-state index contributed by atoms with van der Waals surface area (Å²) in [6.45, 7) is 8.18. The summed E-state index contributed by atoms with van der Waals surface area (Å²) < 4.78 is 0. The Morgan fingerprint density at radius 2 is 1.45 bits per heavy atom. The molecule has 1 nitrogen and oxygen atoms in total. The molecule has 0 aliphatic rings. The van der Waals surface area contributed by atoms with Gasteiger partial charge < -0.3 is 0 Å². The molecule has 0 heterocycles. The summed E-state index contributed by atoms with van der Waals surface area (Å²) in [6.07, 6.45) is 2.40. The first-order valence-electron chi connectivity index (χ1n) is 10.7. The van der Waals surface area contributed by atoms with Crippen molar-refractivity contribution in [3.05, 3.63) is 120 Å². The Labute approximate surface area is 184 Å². The van der Waals surface area contributed by atoms with E-state index in [0.29, 0.717) is 6.42 Å². The number of aryl methyl sites for hydroxylation is 1. The third-order valence-electron chi connectivity index (χ3n) is 5.71. The maximum Gasteiger partial charge on any atom is 0.163 e. The molecular formula is C30H26O. The Morgan fingerprint density at radius 3 is 2.16 bits per heavy atom. The first kappa shape index (κ1) is 20.6. The number of carbonyl (C=O) groups excluding carboxylic acids is 1. The number of allylic oxidation sites excluding steroid dienone is 3. The summed E-state index contributed by atoms with van der Waals surface area (Å²) in [5.41, 5.74) is 7.00. The molecular weight excluding hydrogens is 376 g/mol. The first-order chi connectivity index (χ1) is 15.1. The van der Waals surface area contributed by atoms with Gasteiger partial charge in [-0.25, -0.2) is 0 Å². The van der Waals surface area contributed by atoms with Gasteiger partial charge in [0, 0.05) is 12.0 Å². The van der Waals surface area contributed by atoms with Gasteiger partial charge >= 0.3 is 0 Å². The normalized spacial score (nSPS) is 11.5. The Hall–Kier alpha value is -3.71. The van der Waals surface area contributed by atoms with E-state index in [1.165, 1.54) is 16.3 Å². The lowest BCUT2D eigenvalue weighted by molar-refractivity contribution is -0.113. The summed E-state index contributed by atoms with van der Waals surface area (Å²) in [5, 5.41) is 2.48. The second kappa shape index (κ2) is 8.97. The lowest BCUT2D eigenvalue weighted by atomic mass is 9.92. The summed E-state index contributed by atoms with van der Waals surface area (Å²) >= 11 is 0. The van der Waals surface area contributed by atoms with Gasteiger partial charge in [0.2, 0.25) is 0 Å². The van der Waals surface area contributed by atoms with Crippen LogP contribution in [0.3, 0.4) is 0 Å². The van der Waals surface area contributed by atoms with E-state index in [2.05, 4.69) is 73.3 Å². The van der Waals surface area contributed by atoms with Crippen LogP contribution in [0.1, 0.15) is 30.0 Å². The van der Waals surface area contributed by atoms with Crippen LogP contribution in [0.2, 0.25) is 0 Å². The third kappa shape index (κ3) is 4.41. The summed E-state index contributed by atoms with van der Waals surface area (Å²) in [6, 6.07) is 31.3. The topological polar surface area (TPSA) is 17.1 Å². The van der Waals surface area contributed by atoms with Gasteiger partial charge in [-0.2, -0.15) is 0 Å². The second-order valence-electron chi connectivity index (χ2n) is 7.81. The number of ketones is 1. The highest BCUT2D eigenvalue weighted by Crippen LogP contribution is 2.28. The SMILES string of the molecule is C=C(/C=C(/C(=O)CC)c1ccccc1C)c1ccc(-c2ccc3ccccc3c2)cc1. The van der Waals surface area contributed by atoms with E-state index in [4.69, 9.17) is 0 Å². The number of carbonyl (C=O) groups is 1. The van der Waals surface area contributed by atoms with Crippen molar-refractivity contribution in [1.29, 1.82) is 0 Å². The van der Waals surface area contributed by atoms with Crippen molar-refractivity contribution < 1.29 is 4.79 Å². The van der Waals surface area contributed by atoms with Gasteiger partial charge in [0.25, 0.3) is 0 Å². The Bertz CT molecular complexity index is 1290. The van der Waals surface area contributed by atoms with E-state index in [0.717, 1.165) is 33.4 Å². The molecule has 0 saturated heterocycles. The van der Waals surface area contributed by atoms with Crippen LogP contribution in [0.4, 0.5) is 0 Å². The lowest BCUT2D eigenvalue weighted by Gasteiger charge is -2.11. The smallest absolute Gasteiger partial charge is 0.163 e. The maximum absolute atomic E-state index is 12.7. The van der Waals surface area contributed by atoms with E-state index in [-0.39, 0.29) is 5.78 Å². The molecule has 0 fully saturated rings. The average molecular weight is 403 g/mol. The molecule has 0 atom stereocenters. The predicted molar refractivity (Wildman–Crippen MR) is 133 cm³/mol. The van der Waals surface area contributed by atoms with Gasteiger partial charge in [-0.3, -0.25) is 4.79 Å². The minimum absolute atomic E-state index is 0.128. The number of fused-ring (bicyclic) bond motifs is 1. The van der Waals surface area contributed by atoms with Crippen molar-refractivity contribution in [3.63, 3.8) is 0 Å². The van der Waals surface area contributed by atoms with Crippen LogP contribution in [0.25, 0.3) is 33.0 Å². The summed E-state index contributed by atoms with van der Waals surface area (Å²) in [4.78, 5) is 12.7. The molecule has 0 aliphatic heterocycles. The van der Waals surface area contributed by atoms with Crippen molar-refractivity contribution in [2.45, 2.75) is 20.3 Å². The van der Waals surface area contributed by atoms with Gasteiger partial charge in [0.1, 0.15) is 0 Å². The monoisotopic (exact) mass is 402 g/mol. The van der Waals surface area contributed by atoms with Crippen molar-refractivity contribution >= 4 is 27.7 Å². The summed E-state index contributed by atoms with van der Waals surface area (Å²) in [5.74, 6) is 0.128. The van der Waals surface area contributed by atoms with Crippen LogP contribution < -0.4 is 0 Å². The average Bonchev–Trinajstić information content (AvgIpc) is 2.82. The molecule has 0 aliphatic carbocycles. The highest BCUT2D eigenvalue weighted by molar-refractivity contribution is 6.22. The van der Waals surface area contributed by atoms with E-state index >= 15 is 0 Å². The van der Waals surface area contributed by atoms with E-state index in [9.17, 15) is 4.79 Å². The molecule has 4 aromatic rings. The molecule has 0 N–H and O–H groups in total. The molecule has 152 valence electrons. The lowest BCUT2D eigenvalue weighted by Crippen LogP contribution is -2.02. The van der Waals surface area contributed by atoms with Crippen LogP contribution in [0, 0.1) is 6.92 Å². The number of benzene rings is 4. The number of hydrogen-bond acceptors (Lipinski definition) is 1. The fourth-order valence-electron chi connectivity index (χ4n) is 3.88. The Morgan fingerprint density at radius 1 is 0.806 bits per heavy atom. The van der Waals surface area contributed by atoms with Crippen molar-refractivity contribution in [3.8, 4) is 11.1 Å². The summed E-state index contributed by atoms with van der Waals surface area (Å²) in [7, 11) is 0. The standard InChI is InChI=1S/C30H26O/c1-4-30(31)29(28-12-8-5-9-21(28)2)19-22(3)23-13-15-25(16-14-23)27-18-17-24-10-6-7-11-26(24)20-27/h5-20H,3-4H2,1-2H3/b29-19+. The molecule has 0 spiro atoms. The molecule has 0 amide bonds. The molecule has 0 bridgehead atoms. The number of Topliss-reactive ketones (excluding diaryl/α,β-unsaturated/α-hetero) is 1. The molecule has 4 aromatic carbocycles. The highest BCUT2D eigenvalue weighted by Gasteiger charge is 2.13. The van der Waals surface area contributed by atoms with E-state index < -0.39 is 0 Å². The molecule has 0 unspecified atom stereocenters. The van der Waals surface area contributed by atoms with Gasteiger partial charge in [0.05, 0.1) is 0 Å². The van der Waals surface area contributed by atoms with Gasteiger partial charge in [-0.15, -0.1) is 0 Å². The van der Waals surface area contributed by atoms with Crippen molar-refractivity contribution in [2.24, 2.45) is 0 Å². The van der Waals surface area contributed by atoms with Crippen LogP contribution in [-0.4, -0.2) is 5.78 Å². The molecule has 0 aromatic heterocycles. The van der Waals surface area contributed by atoms with Gasteiger partial charge in [-0.1, -0.05) is 98.4 Å². The molecule has 4 rings (SSSR count). The Kier molecular flexibility index (Phi) is 5.95. The molecule has 0 radical (unpaired) electrons. The second-order valence-corrected chi connectivity index (χ2v) is 7.81. The third-order valence-corrected chi connectivity index (χ3v) is 5.71. The number of hydrogen-bond donors (Lipinski definition) is 0. The van der Waals surface area contributed by atoms with Crippen molar-refractivity contribution in [1.82, 2.24) is 0 Å². The van der Waals surface area contributed by atoms with Crippen molar-refractivity contribution in [2.75, 3.05) is 0 Å². The fourth-order valence-corrected chi connectivity index (χ4v) is 3.88. The fraction of sp³-hybridized carbons (Fsp3) is 0.100. The molecule has 31 heavy (non-hydrogen) atoms. The zero-order valence-electron chi connectivity index (χ0n) is 18.1. The quantitative estimate of drug-likeness (QED) is 0.237. The number of rotatable bonds is 6. The minimum atomic E-state index is 0.128. The van der Waals surface area contributed by atoms with Gasteiger partial charge in [0.15, 0.2) is 5.78 Å². The van der Waals surface area contributed by atoms with E-state index in [1.807, 2.05) is 44.2 Å². The van der Waals surface area contributed by atoms with E-state index in [1.54, 1.807) is 0 Å². The van der Waals surface area contributed by atoms with Crippen LogP contribution in [-0.2, 0) is 4.79 Å². The van der Waals surface area contributed by atoms with Crippen LogP contribution in [0.15, 0.2) is 104 Å². The zero-order valence-corrected chi connectivity index (χ0v) is 18.1. The van der Waals surface area contributed by atoms with Crippen LogP contribution >= 0.6 is 0 Å². The zero-order chi connectivity index (χ0) is 21.8. The first-order valence-corrected chi connectivity index (χ1v) is 10.7. The van der Waals surface area contributed by atoms with Gasteiger partial charge in [-0.05, 0) is 63.2 Å². The molecule has 1 heteroatoms. The van der Waals surface area contributed by atoms with Crippen LogP contribution in [0.5, 0.6) is 0 Å². The Balaban J connectivity index is 1.65. The largest absolute Gasteiger partial charge is 0.294 e. The minimum Gasteiger partial charge on any atom is -0.294 e. The highest BCUT2D eigenvalue weighted by atomic mass is 16.1. The molecule has 0 saturated carbocycles.